The molecule has 1 N–H and O–H groups in total. The Hall–Kier alpha value is -0.540. The smallest absolute Gasteiger partial charge is 0.252 e. The fraction of sp³-hybridized carbons (Fsp3) is 0.286. The van der Waals surface area contributed by atoms with Gasteiger partial charge in [-0.1, -0.05) is 11.6 Å². The van der Waals surface area contributed by atoms with Gasteiger partial charge in [-0.3, -0.25) is 4.79 Å². The molecule has 1 aliphatic rings. The highest BCUT2D eigenvalue weighted by Crippen LogP contribution is 2.28. The number of nitrogens with one attached hydrogen (secondary N) is 1. The molecule has 4 heteroatoms. The third-order valence-electron chi connectivity index (χ3n) is 1.66. The fourth-order valence-corrected chi connectivity index (χ4v) is 2.43. The van der Waals surface area contributed by atoms with Crippen LogP contribution in [0.25, 0.3) is 0 Å². The summed E-state index contributed by atoms with van der Waals surface area (Å²) < 4.78 is 0.701. The Morgan fingerprint density at radius 3 is 3.18 bits per heavy atom. The van der Waals surface area contributed by atoms with Gasteiger partial charge >= 0.3 is 0 Å². The van der Waals surface area contributed by atoms with Gasteiger partial charge in [0.1, 0.15) is 0 Å². The molecule has 0 bridgehead atoms. The highest BCUT2D eigenvalue weighted by molar-refractivity contribution is 7.16. The zero-order valence-electron chi connectivity index (χ0n) is 5.69. The molecule has 58 valence electrons. The summed E-state index contributed by atoms with van der Waals surface area (Å²) in [4.78, 5) is 12.2. The maximum absolute atomic E-state index is 11.1. The van der Waals surface area contributed by atoms with Gasteiger partial charge in [0.2, 0.25) is 0 Å². The Morgan fingerprint density at radius 1 is 1.64 bits per heavy atom. The van der Waals surface area contributed by atoms with E-state index in [0.717, 1.165) is 23.4 Å². The van der Waals surface area contributed by atoms with Gasteiger partial charge < -0.3 is 5.32 Å². The minimum absolute atomic E-state index is 0.00870. The molecule has 11 heavy (non-hydrogen) atoms. The lowest BCUT2D eigenvalue weighted by molar-refractivity contribution is 0.0947. The minimum Gasteiger partial charge on any atom is -0.352 e. The van der Waals surface area contributed by atoms with Crippen molar-refractivity contribution in [1.29, 1.82) is 0 Å². The maximum atomic E-state index is 11.1. The first-order chi connectivity index (χ1) is 5.27. The van der Waals surface area contributed by atoms with E-state index in [1.165, 1.54) is 11.3 Å². The van der Waals surface area contributed by atoms with Crippen molar-refractivity contribution in [3.8, 4) is 0 Å². The molecule has 1 aliphatic heterocycles. The van der Waals surface area contributed by atoms with Gasteiger partial charge in [-0.25, -0.2) is 0 Å². The van der Waals surface area contributed by atoms with E-state index in [2.05, 4.69) is 5.32 Å². The number of amides is 1. The summed E-state index contributed by atoms with van der Waals surface area (Å²) in [5.74, 6) is 0.00870. The van der Waals surface area contributed by atoms with Gasteiger partial charge in [0.15, 0.2) is 0 Å². The van der Waals surface area contributed by atoms with Gasteiger partial charge in [-0.05, 0) is 6.07 Å². The molecule has 2 nitrogen and oxygen atoms in total. The van der Waals surface area contributed by atoms with E-state index < -0.39 is 0 Å². The van der Waals surface area contributed by atoms with Crippen molar-refractivity contribution in [3.63, 3.8) is 0 Å². The first kappa shape index (κ1) is 7.13. The molecule has 0 aliphatic carbocycles. The normalized spacial score (nSPS) is 15.9. The van der Waals surface area contributed by atoms with Crippen LogP contribution in [0.3, 0.4) is 0 Å². The molecule has 0 radical (unpaired) electrons. The predicted molar refractivity (Wildman–Crippen MR) is 45.4 cm³/mol. The summed E-state index contributed by atoms with van der Waals surface area (Å²) >= 11 is 7.25. The van der Waals surface area contributed by atoms with Gasteiger partial charge in [-0.2, -0.15) is 0 Å². The maximum Gasteiger partial charge on any atom is 0.252 e. The molecule has 0 fully saturated rings. The van der Waals surface area contributed by atoms with Crippen LogP contribution >= 0.6 is 22.9 Å². The number of carbonyl (C=O) groups excluding carboxylic acids is 1. The van der Waals surface area contributed by atoms with Crippen LogP contribution in [0.15, 0.2) is 6.07 Å². The highest BCUT2D eigenvalue weighted by Gasteiger charge is 2.18. The molecule has 0 saturated carbocycles. The number of halogens is 1. The molecule has 0 atom stereocenters. The molecule has 2 heterocycles. The van der Waals surface area contributed by atoms with Crippen LogP contribution in [0.4, 0.5) is 0 Å². The van der Waals surface area contributed by atoms with Crippen LogP contribution in [-0.2, 0) is 6.42 Å². The van der Waals surface area contributed by atoms with Crippen LogP contribution in [-0.4, -0.2) is 12.5 Å². The second kappa shape index (κ2) is 2.50. The Bertz CT molecular complexity index is 307. The van der Waals surface area contributed by atoms with E-state index in [4.69, 9.17) is 11.6 Å². The molecule has 0 saturated heterocycles. The van der Waals surface area contributed by atoms with Crippen molar-refractivity contribution in [2.75, 3.05) is 6.54 Å². The third-order valence-corrected chi connectivity index (χ3v) is 2.99. The van der Waals surface area contributed by atoms with Gasteiger partial charge in [0.25, 0.3) is 5.91 Å². The van der Waals surface area contributed by atoms with Gasteiger partial charge in [0, 0.05) is 17.8 Å². The first-order valence-corrected chi connectivity index (χ1v) is 4.53. The molecule has 2 rings (SSSR count). The summed E-state index contributed by atoms with van der Waals surface area (Å²) in [6.45, 7) is 0.739. The van der Waals surface area contributed by atoms with Crippen LogP contribution in [0, 0.1) is 0 Å². The quantitative estimate of drug-likeness (QED) is 0.658. The van der Waals surface area contributed by atoms with E-state index in [0.29, 0.717) is 4.34 Å². The minimum atomic E-state index is 0.00870. The lowest BCUT2D eigenvalue weighted by atomic mass is 10.1. The largest absolute Gasteiger partial charge is 0.352 e. The second-order valence-electron chi connectivity index (χ2n) is 2.39. The van der Waals surface area contributed by atoms with Crippen molar-refractivity contribution in [1.82, 2.24) is 5.32 Å². The SMILES string of the molecule is O=C1NCCc2sc(Cl)cc21. The van der Waals surface area contributed by atoms with E-state index in [9.17, 15) is 4.79 Å². The van der Waals surface area contributed by atoms with Crippen molar-refractivity contribution < 1.29 is 4.79 Å². The first-order valence-electron chi connectivity index (χ1n) is 3.34. The molecule has 0 unspecified atom stereocenters. The van der Waals surface area contributed by atoms with E-state index in [-0.39, 0.29) is 5.91 Å². The Balaban J connectivity index is 2.52. The van der Waals surface area contributed by atoms with Crippen molar-refractivity contribution >= 4 is 28.8 Å². The van der Waals surface area contributed by atoms with Crippen LogP contribution in [0.5, 0.6) is 0 Å². The van der Waals surface area contributed by atoms with Crippen molar-refractivity contribution in [2.24, 2.45) is 0 Å². The van der Waals surface area contributed by atoms with E-state index in [1.54, 1.807) is 6.07 Å². The molecular formula is C7H6ClNOS. The summed E-state index contributed by atoms with van der Waals surface area (Å²) in [5, 5.41) is 2.76. The number of fused-ring (bicyclic) bond motifs is 1. The Labute approximate surface area is 73.2 Å². The Kier molecular flexibility index (Phi) is 1.62. The molecule has 1 amide bonds. The number of thiophene rings is 1. The zero-order chi connectivity index (χ0) is 7.84. The molecule has 0 spiro atoms. The van der Waals surface area contributed by atoms with Gasteiger partial charge in [0.05, 0.1) is 9.90 Å². The number of carbonyl (C=O) groups is 1. The summed E-state index contributed by atoms with van der Waals surface area (Å²) in [6, 6.07) is 1.73. The average molecular weight is 188 g/mol. The molecule has 1 aromatic heterocycles. The highest BCUT2D eigenvalue weighted by atomic mass is 35.5. The van der Waals surface area contributed by atoms with E-state index in [1.807, 2.05) is 0 Å². The second-order valence-corrected chi connectivity index (χ2v) is 4.16. The van der Waals surface area contributed by atoms with Crippen LogP contribution < -0.4 is 5.32 Å². The van der Waals surface area contributed by atoms with Crippen molar-refractivity contribution in [3.05, 3.63) is 20.8 Å². The van der Waals surface area contributed by atoms with E-state index >= 15 is 0 Å². The molecular weight excluding hydrogens is 182 g/mol. The van der Waals surface area contributed by atoms with Crippen LogP contribution in [0.2, 0.25) is 4.34 Å². The standard InChI is InChI=1S/C7H6ClNOS/c8-6-3-4-5(11-6)1-2-9-7(4)10/h3H,1-2H2,(H,9,10). The summed E-state index contributed by atoms with van der Waals surface area (Å²) in [7, 11) is 0. The zero-order valence-corrected chi connectivity index (χ0v) is 7.26. The summed E-state index contributed by atoms with van der Waals surface area (Å²) in [5.41, 5.74) is 0.756. The molecule has 0 aromatic carbocycles. The van der Waals surface area contributed by atoms with Crippen LogP contribution in [0.1, 0.15) is 15.2 Å². The lowest BCUT2D eigenvalue weighted by Gasteiger charge is -2.10. The predicted octanol–water partition coefficient (Wildman–Crippen LogP) is 1.69. The van der Waals surface area contributed by atoms with Crippen molar-refractivity contribution in [2.45, 2.75) is 6.42 Å². The fourth-order valence-electron chi connectivity index (χ4n) is 1.16. The number of rotatable bonds is 0. The topological polar surface area (TPSA) is 29.1 Å². The monoisotopic (exact) mass is 187 g/mol. The lowest BCUT2D eigenvalue weighted by Crippen LogP contribution is -2.30. The number of hydrogen-bond donors (Lipinski definition) is 1. The summed E-state index contributed by atoms with van der Waals surface area (Å²) in [6.07, 6.45) is 0.915. The average Bonchev–Trinajstić information content (AvgIpc) is 2.31. The van der Waals surface area contributed by atoms with Gasteiger partial charge in [-0.15, -0.1) is 11.3 Å². The number of hydrogen-bond acceptors (Lipinski definition) is 2. The Morgan fingerprint density at radius 2 is 2.45 bits per heavy atom. The third kappa shape index (κ3) is 1.14. The molecule has 1 aromatic rings.